The zero-order valence-electron chi connectivity index (χ0n) is 26.4. The molecule has 0 bridgehead atoms. The molecular weight excluding hydrogens is 588 g/mol. The van der Waals surface area contributed by atoms with E-state index in [4.69, 9.17) is 4.74 Å². The van der Waals surface area contributed by atoms with Gasteiger partial charge in [0.25, 0.3) is 0 Å². The predicted octanol–water partition coefficient (Wildman–Crippen LogP) is 0.0786. The maximum Gasteiger partial charge on any atom is 0.314 e. The second kappa shape index (κ2) is 21.5. The van der Waals surface area contributed by atoms with Gasteiger partial charge in [-0.2, -0.15) is 0 Å². The van der Waals surface area contributed by atoms with E-state index in [-0.39, 0.29) is 32.1 Å². The van der Waals surface area contributed by atoms with Crippen molar-refractivity contribution in [2.75, 3.05) is 0 Å². The fourth-order valence-corrected chi connectivity index (χ4v) is 4.99. The van der Waals surface area contributed by atoms with Gasteiger partial charge in [-0.3, -0.25) is 4.79 Å². The fraction of sp³-hybridized carbons (Fsp3) is 0.667. The highest BCUT2D eigenvalue weighted by molar-refractivity contribution is 5.74. The van der Waals surface area contributed by atoms with Crippen molar-refractivity contribution in [3.8, 4) is 0 Å². The number of rotatable bonds is 3. The summed E-state index contributed by atoms with van der Waals surface area (Å²) in [6.07, 6.45) is -1.28. The number of aliphatic hydroxyl groups is 10. The lowest BCUT2D eigenvalue weighted by atomic mass is 9.88. The number of hydrogen-bond donors (Lipinski definition) is 10. The van der Waals surface area contributed by atoms with Gasteiger partial charge in [-0.15, -0.1) is 0 Å². The van der Waals surface area contributed by atoms with Gasteiger partial charge in [0.1, 0.15) is 30.3 Å². The Morgan fingerprint density at radius 1 is 0.733 bits per heavy atom. The molecule has 0 aromatic heterocycles. The van der Waals surface area contributed by atoms with Crippen molar-refractivity contribution in [2.45, 2.75) is 133 Å². The van der Waals surface area contributed by atoms with Gasteiger partial charge >= 0.3 is 5.97 Å². The molecule has 258 valence electrons. The van der Waals surface area contributed by atoms with Crippen LogP contribution < -0.4 is 0 Å². The van der Waals surface area contributed by atoms with Gasteiger partial charge in [-0.25, -0.2) is 0 Å². The molecule has 0 amide bonds. The van der Waals surface area contributed by atoms with Crippen molar-refractivity contribution in [1.82, 2.24) is 0 Å². The molecule has 12 heteroatoms. The van der Waals surface area contributed by atoms with Crippen LogP contribution >= 0.6 is 0 Å². The second-order valence-electron chi connectivity index (χ2n) is 11.8. The van der Waals surface area contributed by atoms with E-state index in [0.29, 0.717) is 12.0 Å². The second-order valence-corrected chi connectivity index (χ2v) is 11.8. The van der Waals surface area contributed by atoms with Crippen molar-refractivity contribution < 1.29 is 60.6 Å². The summed E-state index contributed by atoms with van der Waals surface area (Å²) in [6.45, 7) is 4.79. The number of carbonyl (C=O) groups is 1. The predicted molar refractivity (Wildman–Crippen MR) is 167 cm³/mol. The van der Waals surface area contributed by atoms with Crippen molar-refractivity contribution in [2.24, 2.45) is 5.92 Å². The molecule has 0 fully saturated rings. The van der Waals surface area contributed by atoms with E-state index < -0.39 is 85.5 Å². The maximum absolute atomic E-state index is 13.0. The van der Waals surface area contributed by atoms with E-state index in [1.807, 2.05) is 0 Å². The van der Waals surface area contributed by atoms with E-state index in [2.05, 4.69) is 0 Å². The first-order valence-electron chi connectivity index (χ1n) is 15.5. The smallest absolute Gasteiger partial charge is 0.314 e. The highest BCUT2D eigenvalue weighted by Gasteiger charge is 2.37. The Morgan fingerprint density at radius 3 is 1.73 bits per heavy atom. The summed E-state index contributed by atoms with van der Waals surface area (Å²) in [5.41, 5.74) is 0.356. The summed E-state index contributed by atoms with van der Waals surface area (Å²) in [4.78, 5) is 13.0. The largest absolute Gasteiger partial charge is 0.459 e. The molecule has 1 aliphatic rings. The summed E-state index contributed by atoms with van der Waals surface area (Å²) in [6, 6.07) is 0. The van der Waals surface area contributed by atoms with Gasteiger partial charge in [0.05, 0.1) is 42.7 Å². The molecular formula is C33H54O12. The van der Waals surface area contributed by atoms with Crippen molar-refractivity contribution in [3.05, 3.63) is 60.3 Å². The standard InChI is InChI=1S/C33H54O12/c1-4-12-27(39)30-28(40)18-24(36)16-22(34)15-23(35)17-25(37)19-29(41)32(43)31(42)20(2)13-10-8-6-5-7-9-11-14-26(38)21(3)45-33(30)44/h5-11,13-14,21-32,34-43H,4,12,15-19H2,1-3H3/b6-5-,9-7-,10-8-,14-11-,20-13-/t21-,22-,23+,24+,25+,26-,27-,28+,29+,30+,31-,32-/m0/s1. The molecule has 12 nitrogen and oxygen atoms in total. The van der Waals surface area contributed by atoms with E-state index in [0.717, 1.165) is 0 Å². The first kappa shape index (κ1) is 40.8. The number of cyclic esters (lactones) is 1. The molecule has 0 saturated heterocycles. The normalized spacial score (nSPS) is 40.9. The summed E-state index contributed by atoms with van der Waals surface area (Å²) in [7, 11) is 0. The lowest BCUT2D eigenvalue weighted by Gasteiger charge is -2.29. The van der Waals surface area contributed by atoms with Crippen LogP contribution in [-0.4, -0.2) is 124 Å². The average Bonchev–Trinajstić information content (AvgIpc) is 2.94. The molecule has 0 aromatic rings. The van der Waals surface area contributed by atoms with E-state index in [1.165, 1.54) is 13.0 Å². The van der Waals surface area contributed by atoms with Crippen molar-refractivity contribution >= 4 is 5.97 Å². The third-order valence-corrected chi connectivity index (χ3v) is 7.65. The Kier molecular flexibility index (Phi) is 19.5. The number of carbonyl (C=O) groups excluding carboxylic acids is 1. The summed E-state index contributed by atoms with van der Waals surface area (Å²) in [5, 5.41) is 105. The van der Waals surface area contributed by atoms with Gasteiger partial charge in [-0.05, 0) is 45.1 Å². The molecule has 0 unspecified atom stereocenters. The highest BCUT2D eigenvalue weighted by atomic mass is 16.6. The summed E-state index contributed by atoms with van der Waals surface area (Å²) in [5.74, 6) is -2.39. The first-order chi connectivity index (χ1) is 21.2. The van der Waals surface area contributed by atoms with E-state index >= 15 is 0 Å². The third kappa shape index (κ3) is 15.7. The fourth-order valence-electron chi connectivity index (χ4n) is 4.99. The summed E-state index contributed by atoms with van der Waals surface area (Å²) >= 11 is 0. The minimum Gasteiger partial charge on any atom is -0.459 e. The van der Waals surface area contributed by atoms with Crippen LogP contribution in [0, 0.1) is 5.92 Å². The Hall–Kier alpha value is -2.23. The molecule has 1 aliphatic heterocycles. The van der Waals surface area contributed by atoms with Crippen LogP contribution in [0.1, 0.15) is 65.7 Å². The van der Waals surface area contributed by atoms with Crippen LogP contribution in [-0.2, 0) is 9.53 Å². The Morgan fingerprint density at radius 2 is 1.20 bits per heavy atom. The lowest BCUT2D eigenvalue weighted by molar-refractivity contribution is -0.168. The van der Waals surface area contributed by atoms with Crippen molar-refractivity contribution in [3.63, 3.8) is 0 Å². The number of esters is 1. The van der Waals surface area contributed by atoms with E-state index in [1.54, 1.807) is 62.5 Å². The molecule has 0 radical (unpaired) electrons. The van der Waals surface area contributed by atoms with Gasteiger partial charge < -0.3 is 55.8 Å². The minimum absolute atomic E-state index is 0.162. The first-order valence-corrected chi connectivity index (χ1v) is 15.5. The lowest BCUT2D eigenvalue weighted by Crippen LogP contribution is -2.43. The minimum atomic E-state index is -1.61. The molecule has 1 heterocycles. The molecule has 1 rings (SSSR count). The SMILES string of the molecule is CCC[C@H](O)[C@H]1C(=O)O[C@@H](C)[C@@H](O)\C=C/C=C\C=C/C=C\C=C(\C)[C@H](O)[C@@H](O)[C@H](O)C[C@H](O)C[C@H](O)C[C@H](O)C[C@@H](O)C[C@H]1O. The Bertz CT molecular complexity index is 992. The van der Waals surface area contributed by atoms with Crippen LogP contribution in [0.15, 0.2) is 60.3 Å². The number of ether oxygens (including phenoxy) is 1. The molecule has 12 atom stereocenters. The zero-order chi connectivity index (χ0) is 34.1. The quantitative estimate of drug-likeness (QED) is 0.185. The van der Waals surface area contributed by atoms with Gasteiger partial charge in [-0.1, -0.05) is 68.0 Å². The Balaban J connectivity index is 3.17. The average molecular weight is 643 g/mol. The van der Waals surface area contributed by atoms with Gasteiger partial charge in [0.15, 0.2) is 0 Å². The van der Waals surface area contributed by atoms with E-state index in [9.17, 15) is 55.9 Å². The molecule has 10 N–H and O–H groups in total. The van der Waals surface area contributed by atoms with Crippen molar-refractivity contribution in [1.29, 1.82) is 0 Å². The van der Waals surface area contributed by atoms with Gasteiger partial charge in [0, 0.05) is 12.8 Å². The zero-order valence-corrected chi connectivity index (χ0v) is 26.4. The number of aliphatic hydroxyl groups excluding tert-OH is 10. The van der Waals surface area contributed by atoms with Crippen LogP contribution in [0.2, 0.25) is 0 Å². The highest BCUT2D eigenvalue weighted by Crippen LogP contribution is 2.23. The monoisotopic (exact) mass is 642 g/mol. The molecule has 45 heavy (non-hydrogen) atoms. The summed E-state index contributed by atoms with van der Waals surface area (Å²) < 4.78 is 5.35. The van der Waals surface area contributed by atoms with Crippen LogP contribution in [0.5, 0.6) is 0 Å². The maximum atomic E-state index is 13.0. The third-order valence-electron chi connectivity index (χ3n) is 7.65. The van der Waals surface area contributed by atoms with Crippen LogP contribution in [0.25, 0.3) is 0 Å². The van der Waals surface area contributed by atoms with Crippen LogP contribution in [0.4, 0.5) is 0 Å². The van der Waals surface area contributed by atoms with Gasteiger partial charge in [0.2, 0.25) is 0 Å². The topological polar surface area (TPSA) is 229 Å². The molecule has 0 aromatic carbocycles. The molecule has 0 spiro atoms. The van der Waals surface area contributed by atoms with Crippen LogP contribution in [0.3, 0.4) is 0 Å². The number of allylic oxidation sites excluding steroid dienone is 8. The molecule has 0 aliphatic carbocycles. The Labute approximate surface area is 265 Å². The number of hydrogen-bond acceptors (Lipinski definition) is 12. The molecule has 0 saturated carbocycles.